The molecule has 1 aliphatic carbocycles. The number of hydrogen-bond donors (Lipinski definition) is 0. The zero-order valence-corrected chi connectivity index (χ0v) is 12.4. The van der Waals surface area contributed by atoms with E-state index in [1.807, 2.05) is 0 Å². The van der Waals surface area contributed by atoms with Gasteiger partial charge in [-0.2, -0.15) is 0 Å². The minimum atomic E-state index is 0.660. The van der Waals surface area contributed by atoms with Crippen molar-refractivity contribution in [1.82, 2.24) is 9.88 Å². The van der Waals surface area contributed by atoms with Crippen LogP contribution in [-0.4, -0.2) is 27.8 Å². The average molecular weight is 303 g/mol. The smallest absolute Gasteiger partial charge is 0.107 e. The lowest BCUT2D eigenvalue weighted by atomic mass is 9.94. The van der Waals surface area contributed by atoms with Crippen molar-refractivity contribution >= 4 is 27.3 Å². The van der Waals surface area contributed by atoms with Gasteiger partial charge in [-0.3, -0.25) is 4.90 Å². The highest BCUT2D eigenvalue weighted by molar-refractivity contribution is 9.09. The van der Waals surface area contributed by atoms with Gasteiger partial charge in [0.1, 0.15) is 5.01 Å². The summed E-state index contributed by atoms with van der Waals surface area (Å²) in [6.07, 6.45) is 5.37. The third-order valence-corrected chi connectivity index (χ3v) is 5.28. The molecule has 1 aromatic heterocycles. The van der Waals surface area contributed by atoms with Gasteiger partial charge in [0.2, 0.25) is 0 Å². The molecule has 2 unspecified atom stereocenters. The molecule has 0 spiro atoms. The van der Waals surface area contributed by atoms with Crippen molar-refractivity contribution in [2.75, 3.05) is 7.05 Å². The number of rotatable bonds is 3. The van der Waals surface area contributed by atoms with Gasteiger partial charge in [0.05, 0.1) is 6.54 Å². The van der Waals surface area contributed by atoms with Crippen molar-refractivity contribution in [2.24, 2.45) is 0 Å². The molecule has 0 amide bonds. The van der Waals surface area contributed by atoms with Gasteiger partial charge in [0.15, 0.2) is 0 Å². The van der Waals surface area contributed by atoms with Crippen LogP contribution in [0.5, 0.6) is 0 Å². The van der Waals surface area contributed by atoms with Crippen molar-refractivity contribution in [2.45, 2.75) is 50.0 Å². The number of alkyl halides is 1. The second kappa shape index (κ2) is 5.61. The van der Waals surface area contributed by atoms with E-state index >= 15 is 0 Å². The maximum atomic E-state index is 4.53. The second-order valence-electron chi connectivity index (χ2n) is 4.67. The fraction of sp³-hybridized carbons (Fsp3) is 0.750. The molecule has 2 nitrogen and oxygen atoms in total. The Morgan fingerprint density at radius 1 is 1.50 bits per heavy atom. The van der Waals surface area contributed by atoms with Crippen LogP contribution in [0.3, 0.4) is 0 Å². The van der Waals surface area contributed by atoms with E-state index in [-0.39, 0.29) is 0 Å². The van der Waals surface area contributed by atoms with Crippen LogP contribution in [0.2, 0.25) is 0 Å². The molecular weight excluding hydrogens is 284 g/mol. The highest BCUT2D eigenvalue weighted by Crippen LogP contribution is 2.28. The van der Waals surface area contributed by atoms with E-state index in [1.165, 1.54) is 30.7 Å². The SMILES string of the molecule is Cc1csc(CN(C)C2CCCCC2Br)n1. The monoisotopic (exact) mass is 302 g/mol. The summed E-state index contributed by atoms with van der Waals surface area (Å²) in [7, 11) is 2.22. The zero-order chi connectivity index (χ0) is 11.5. The number of halogens is 1. The van der Waals surface area contributed by atoms with E-state index < -0.39 is 0 Å². The molecule has 0 aliphatic heterocycles. The lowest BCUT2D eigenvalue weighted by Gasteiger charge is -2.34. The lowest BCUT2D eigenvalue weighted by Crippen LogP contribution is -2.40. The van der Waals surface area contributed by atoms with Crippen LogP contribution in [0.1, 0.15) is 36.4 Å². The van der Waals surface area contributed by atoms with Gasteiger partial charge in [-0.05, 0) is 26.8 Å². The lowest BCUT2D eigenvalue weighted by molar-refractivity contribution is 0.193. The summed E-state index contributed by atoms with van der Waals surface area (Å²) >= 11 is 5.59. The first-order valence-corrected chi connectivity index (χ1v) is 7.71. The highest BCUT2D eigenvalue weighted by Gasteiger charge is 2.26. The molecule has 1 heterocycles. The van der Waals surface area contributed by atoms with E-state index in [0.29, 0.717) is 10.9 Å². The van der Waals surface area contributed by atoms with E-state index in [1.54, 1.807) is 11.3 Å². The maximum absolute atomic E-state index is 4.53. The second-order valence-corrected chi connectivity index (χ2v) is 6.78. The predicted octanol–water partition coefficient (Wildman–Crippen LogP) is 3.59. The van der Waals surface area contributed by atoms with E-state index in [9.17, 15) is 0 Å². The normalized spacial score (nSPS) is 26.2. The van der Waals surface area contributed by atoms with Crippen LogP contribution in [0.15, 0.2) is 5.38 Å². The molecule has 0 saturated heterocycles. The molecule has 2 rings (SSSR count). The number of thiazole rings is 1. The molecule has 0 aromatic carbocycles. The van der Waals surface area contributed by atoms with Crippen molar-refractivity contribution in [3.63, 3.8) is 0 Å². The molecule has 0 radical (unpaired) electrons. The first kappa shape index (κ1) is 12.5. The van der Waals surface area contributed by atoms with E-state index in [4.69, 9.17) is 0 Å². The first-order chi connectivity index (χ1) is 7.66. The summed E-state index contributed by atoms with van der Waals surface area (Å²) in [5.41, 5.74) is 1.15. The average Bonchev–Trinajstić information content (AvgIpc) is 2.64. The van der Waals surface area contributed by atoms with E-state index in [2.05, 4.69) is 45.2 Å². The van der Waals surface area contributed by atoms with Crippen molar-refractivity contribution < 1.29 is 0 Å². The highest BCUT2D eigenvalue weighted by atomic mass is 79.9. The Kier molecular flexibility index (Phi) is 4.39. The predicted molar refractivity (Wildman–Crippen MR) is 73.3 cm³/mol. The molecule has 4 heteroatoms. The fourth-order valence-corrected chi connectivity index (χ4v) is 4.19. The van der Waals surface area contributed by atoms with Gasteiger partial charge >= 0.3 is 0 Å². The Morgan fingerprint density at radius 2 is 2.25 bits per heavy atom. The molecule has 1 fully saturated rings. The third-order valence-electron chi connectivity index (χ3n) is 3.26. The summed E-state index contributed by atoms with van der Waals surface area (Å²) in [5, 5.41) is 3.38. The number of nitrogens with zero attached hydrogens (tertiary/aromatic N) is 2. The third kappa shape index (κ3) is 3.05. The minimum absolute atomic E-state index is 0.660. The first-order valence-electron chi connectivity index (χ1n) is 5.92. The molecular formula is C12H19BrN2S. The molecule has 0 N–H and O–H groups in total. The van der Waals surface area contributed by atoms with Gasteiger partial charge in [-0.1, -0.05) is 28.8 Å². The molecule has 16 heavy (non-hydrogen) atoms. The quantitative estimate of drug-likeness (QED) is 0.793. The van der Waals surface area contributed by atoms with Crippen LogP contribution in [0, 0.1) is 6.92 Å². The fourth-order valence-electron chi connectivity index (χ4n) is 2.37. The Hall–Kier alpha value is 0.0700. The summed E-state index contributed by atoms with van der Waals surface area (Å²) in [6.45, 7) is 3.05. The molecule has 2 atom stereocenters. The van der Waals surface area contributed by atoms with Gasteiger partial charge in [0.25, 0.3) is 0 Å². The van der Waals surface area contributed by atoms with Crippen molar-refractivity contribution in [1.29, 1.82) is 0 Å². The van der Waals surface area contributed by atoms with Crippen LogP contribution >= 0.6 is 27.3 Å². The van der Waals surface area contributed by atoms with Gasteiger partial charge in [-0.25, -0.2) is 4.98 Å². The Morgan fingerprint density at radius 3 is 2.88 bits per heavy atom. The molecule has 90 valence electrons. The Balaban J connectivity index is 1.93. The Labute approximate surface area is 110 Å². The summed E-state index contributed by atoms with van der Waals surface area (Å²) in [5.74, 6) is 0. The largest absolute Gasteiger partial charge is 0.296 e. The van der Waals surface area contributed by atoms with E-state index in [0.717, 1.165) is 12.2 Å². The maximum Gasteiger partial charge on any atom is 0.107 e. The topological polar surface area (TPSA) is 16.1 Å². The number of aromatic nitrogens is 1. The standard InChI is InChI=1S/C12H19BrN2S/c1-9-8-16-12(14-9)7-15(2)11-6-4-3-5-10(11)13/h8,10-11H,3-7H2,1-2H3. The van der Waals surface area contributed by atoms with Gasteiger partial charge < -0.3 is 0 Å². The number of aryl methyl sites for hydroxylation is 1. The Bertz CT molecular complexity index is 340. The summed E-state index contributed by atoms with van der Waals surface area (Å²) in [4.78, 5) is 7.65. The number of hydrogen-bond acceptors (Lipinski definition) is 3. The summed E-state index contributed by atoms with van der Waals surface area (Å²) in [6, 6.07) is 0.679. The van der Waals surface area contributed by atoms with Gasteiger partial charge in [0, 0.05) is 21.9 Å². The van der Waals surface area contributed by atoms with Crippen molar-refractivity contribution in [3.05, 3.63) is 16.1 Å². The van der Waals surface area contributed by atoms with Crippen LogP contribution in [-0.2, 0) is 6.54 Å². The molecule has 1 aliphatic rings. The van der Waals surface area contributed by atoms with Crippen LogP contribution in [0.4, 0.5) is 0 Å². The van der Waals surface area contributed by atoms with Crippen molar-refractivity contribution in [3.8, 4) is 0 Å². The molecule has 0 bridgehead atoms. The zero-order valence-electron chi connectivity index (χ0n) is 9.95. The van der Waals surface area contributed by atoms with Crippen LogP contribution in [0.25, 0.3) is 0 Å². The molecule has 1 aromatic rings. The molecule has 1 saturated carbocycles. The summed E-state index contributed by atoms with van der Waals surface area (Å²) < 4.78 is 0. The van der Waals surface area contributed by atoms with Crippen LogP contribution < -0.4 is 0 Å². The van der Waals surface area contributed by atoms with Gasteiger partial charge in [-0.15, -0.1) is 11.3 Å². The minimum Gasteiger partial charge on any atom is -0.296 e.